The van der Waals surface area contributed by atoms with Gasteiger partial charge in [-0.2, -0.15) is 0 Å². The van der Waals surface area contributed by atoms with Crippen molar-refractivity contribution in [3.8, 4) is 0 Å². The second-order valence-electron chi connectivity index (χ2n) is 11.3. The molecule has 0 aromatic rings. The van der Waals surface area contributed by atoms with Crippen LogP contribution in [0.25, 0.3) is 0 Å². The number of carbonyl (C=O) groups is 2. The van der Waals surface area contributed by atoms with E-state index in [2.05, 4.69) is 55.5 Å². The second kappa shape index (κ2) is 25.2. The van der Waals surface area contributed by atoms with Crippen molar-refractivity contribution < 1.29 is 23.9 Å². The average Bonchev–Trinajstić information content (AvgIpc) is 2.83. The lowest BCUT2D eigenvalue weighted by Crippen LogP contribution is -2.43. The fourth-order valence-electron chi connectivity index (χ4n) is 4.24. The van der Waals surface area contributed by atoms with Crippen LogP contribution in [0.15, 0.2) is 48.6 Å². The molecule has 5 nitrogen and oxygen atoms in total. The summed E-state index contributed by atoms with van der Waals surface area (Å²) in [6.07, 6.45) is 35.1. The summed E-state index contributed by atoms with van der Waals surface area (Å²) in [5.74, 6) is -1.20. The van der Waals surface area contributed by atoms with Crippen LogP contribution >= 0.6 is 0 Å². The molecule has 0 radical (unpaired) electrons. The Hall–Kier alpha value is -2.14. The first-order valence-corrected chi connectivity index (χ1v) is 15.1. The molecular weight excluding hydrogens is 474 g/mol. The van der Waals surface area contributed by atoms with Gasteiger partial charge in [-0.25, -0.2) is 0 Å². The predicted octanol–water partition coefficient (Wildman–Crippen LogP) is 8.57. The molecule has 1 unspecified atom stereocenters. The van der Waals surface area contributed by atoms with Crippen LogP contribution in [-0.2, 0) is 14.3 Å². The van der Waals surface area contributed by atoms with Gasteiger partial charge in [0, 0.05) is 6.42 Å². The summed E-state index contributed by atoms with van der Waals surface area (Å²) < 4.78 is 6.01. The number of carbonyl (C=O) groups excluding carboxylic acids is 1. The molecule has 0 aliphatic heterocycles. The van der Waals surface area contributed by atoms with E-state index in [0.29, 0.717) is 17.4 Å². The van der Waals surface area contributed by atoms with Crippen molar-refractivity contribution in [2.24, 2.45) is 0 Å². The van der Waals surface area contributed by atoms with Crippen molar-refractivity contribution in [1.82, 2.24) is 0 Å². The van der Waals surface area contributed by atoms with Gasteiger partial charge in [0.25, 0.3) is 0 Å². The zero-order chi connectivity index (χ0) is 28.3. The Morgan fingerprint density at radius 2 is 1.13 bits per heavy atom. The van der Waals surface area contributed by atoms with Crippen LogP contribution in [0.4, 0.5) is 0 Å². The van der Waals surface area contributed by atoms with Crippen LogP contribution in [0, 0.1) is 0 Å². The third-order valence-corrected chi connectivity index (χ3v) is 6.17. The number of allylic oxidation sites excluding steroid dienone is 8. The van der Waals surface area contributed by atoms with Crippen molar-refractivity contribution in [2.45, 2.75) is 122 Å². The van der Waals surface area contributed by atoms with Gasteiger partial charge < -0.3 is 14.3 Å². The Morgan fingerprint density at radius 3 is 1.61 bits per heavy atom. The van der Waals surface area contributed by atoms with Gasteiger partial charge in [-0.05, 0) is 44.9 Å². The molecule has 0 fully saturated rings. The molecule has 38 heavy (non-hydrogen) atoms. The molecular formula is C33H58NO4+. The number of nitrogens with zero attached hydrogens (tertiary/aromatic N) is 1. The number of esters is 1. The smallest absolute Gasteiger partial charge is 0.307 e. The summed E-state index contributed by atoms with van der Waals surface area (Å²) in [5, 5.41) is 9.05. The van der Waals surface area contributed by atoms with Crippen molar-refractivity contribution >= 4 is 11.9 Å². The average molecular weight is 533 g/mol. The molecule has 0 saturated heterocycles. The van der Waals surface area contributed by atoms with E-state index >= 15 is 0 Å². The van der Waals surface area contributed by atoms with Crippen LogP contribution in [-0.4, -0.2) is 55.3 Å². The third-order valence-electron chi connectivity index (χ3n) is 6.17. The molecule has 0 rings (SSSR count). The molecule has 0 bridgehead atoms. The number of carboxylic acids is 1. The van der Waals surface area contributed by atoms with Crippen LogP contribution in [0.1, 0.15) is 116 Å². The van der Waals surface area contributed by atoms with Crippen molar-refractivity contribution in [3.63, 3.8) is 0 Å². The number of unbranched alkanes of at least 4 members (excludes halogenated alkanes) is 10. The van der Waals surface area contributed by atoms with Crippen LogP contribution < -0.4 is 0 Å². The number of carboxylic acid groups (broad SMARTS) is 1. The Morgan fingerprint density at radius 1 is 0.684 bits per heavy atom. The van der Waals surface area contributed by atoms with Gasteiger partial charge >= 0.3 is 11.9 Å². The molecule has 0 aliphatic rings. The fraction of sp³-hybridized carbons (Fsp3) is 0.697. The number of quaternary nitrogens is 1. The van der Waals surface area contributed by atoms with Crippen LogP contribution in [0.5, 0.6) is 0 Å². The van der Waals surface area contributed by atoms with E-state index in [1.54, 1.807) is 0 Å². The Bertz CT molecular complexity index is 700. The molecule has 218 valence electrons. The summed E-state index contributed by atoms with van der Waals surface area (Å²) in [4.78, 5) is 23.1. The summed E-state index contributed by atoms with van der Waals surface area (Å²) in [7, 11) is 5.90. The summed E-state index contributed by atoms with van der Waals surface area (Å²) in [6, 6.07) is 0. The van der Waals surface area contributed by atoms with E-state index in [4.69, 9.17) is 9.84 Å². The van der Waals surface area contributed by atoms with Crippen molar-refractivity contribution in [1.29, 1.82) is 0 Å². The number of aliphatic carboxylic acids is 1. The first-order valence-electron chi connectivity index (χ1n) is 15.1. The highest BCUT2D eigenvalue weighted by molar-refractivity contribution is 5.71. The predicted molar refractivity (Wildman–Crippen MR) is 161 cm³/mol. The lowest BCUT2D eigenvalue weighted by Gasteiger charge is -2.28. The summed E-state index contributed by atoms with van der Waals surface area (Å²) in [6.45, 7) is 2.66. The van der Waals surface area contributed by atoms with Gasteiger partial charge in [0.1, 0.15) is 6.54 Å². The number of rotatable bonds is 25. The summed E-state index contributed by atoms with van der Waals surface area (Å²) in [5.41, 5.74) is 0. The highest BCUT2D eigenvalue weighted by Crippen LogP contribution is 2.13. The van der Waals surface area contributed by atoms with Gasteiger partial charge in [-0.15, -0.1) is 0 Å². The monoisotopic (exact) mass is 532 g/mol. The standard InChI is InChI=1S/C33H57NO4/c1-5-6-7-8-9-10-11-12-13-14-15-16-17-18-19-20-21-22-23-24-25-26-27-28-33(37)38-31(29-32(35)36)30-34(2,3)4/h6-7,9-10,12-13,15-16,31H,5,8,11,14,17-30H2,1-4H3/p+1/b7-6+,10-9+,13-12+,16-15-. The Labute approximate surface area is 234 Å². The van der Waals surface area contributed by atoms with E-state index in [0.717, 1.165) is 44.9 Å². The normalized spacial score (nSPS) is 13.4. The quantitative estimate of drug-likeness (QED) is 0.0553. The molecule has 0 aliphatic carbocycles. The van der Waals surface area contributed by atoms with Crippen LogP contribution in [0.2, 0.25) is 0 Å². The maximum atomic E-state index is 12.1. The molecule has 1 N–H and O–H groups in total. The van der Waals surface area contributed by atoms with Gasteiger partial charge in [0.05, 0.1) is 27.6 Å². The molecule has 0 spiro atoms. The topological polar surface area (TPSA) is 63.6 Å². The highest BCUT2D eigenvalue weighted by Gasteiger charge is 2.24. The van der Waals surface area contributed by atoms with E-state index in [-0.39, 0.29) is 12.4 Å². The molecule has 1 atom stereocenters. The van der Waals surface area contributed by atoms with E-state index < -0.39 is 12.1 Å². The minimum absolute atomic E-state index is 0.133. The van der Waals surface area contributed by atoms with Crippen molar-refractivity contribution in [2.75, 3.05) is 27.7 Å². The van der Waals surface area contributed by atoms with Crippen LogP contribution in [0.3, 0.4) is 0 Å². The number of ether oxygens (including phenoxy) is 1. The highest BCUT2D eigenvalue weighted by atomic mass is 16.5. The second-order valence-corrected chi connectivity index (χ2v) is 11.3. The Kier molecular flexibility index (Phi) is 23.7. The number of likely N-dealkylation sites (N-methyl/N-ethyl adjacent to an activating group) is 1. The first-order chi connectivity index (χ1) is 18.2. The Balaban J connectivity index is 3.55. The molecule has 0 aromatic carbocycles. The minimum atomic E-state index is -0.929. The lowest BCUT2D eigenvalue weighted by molar-refractivity contribution is -0.873. The molecule has 0 heterocycles. The molecule has 5 heteroatoms. The minimum Gasteiger partial charge on any atom is -0.481 e. The fourth-order valence-corrected chi connectivity index (χ4v) is 4.24. The number of hydrogen-bond donors (Lipinski definition) is 1. The zero-order valence-corrected chi connectivity index (χ0v) is 25.0. The lowest BCUT2D eigenvalue weighted by atomic mass is 10.0. The maximum Gasteiger partial charge on any atom is 0.307 e. The van der Waals surface area contributed by atoms with E-state index in [1.807, 2.05) is 21.1 Å². The molecule has 0 saturated carbocycles. The zero-order valence-electron chi connectivity index (χ0n) is 25.0. The van der Waals surface area contributed by atoms with Gasteiger partial charge in [-0.3, -0.25) is 9.59 Å². The number of hydrogen-bond acceptors (Lipinski definition) is 3. The third kappa shape index (κ3) is 28.4. The van der Waals surface area contributed by atoms with Gasteiger partial charge in [0.2, 0.25) is 0 Å². The van der Waals surface area contributed by atoms with Gasteiger partial charge in [0.15, 0.2) is 6.10 Å². The maximum absolute atomic E-state index is 12.1. The SMILES string of the molecule is CC/C=C/C/C=C/C/C=C/C/C=C\CCCCCCCCCCCCC(=O)OC(CC(=O)O)C[N+](C)(C)C. The molecule has 0 aromatic heterocycles. The van der Waals surface area contributed by atoms with E-state index in [1.165, 1.54) is 51.4 Å². The van der Waals surface area contributed by atoms with Gasteiger partial charge in [-0.1, -0.05) is 107 Å². The largest absolute Gasteiger partial charge is 0.481 e. The van der Waals surface area contributed by atoms with E-state index in [9.17, 15) is 9.59 Å². The first kappa shape index (κ1) is 35.9. The van der Waals surface area contributed by atoms with Crippen molar-refractivity contribution in [3.05, 3.63) is 48.6 Å². The summed E-state index contributed by atoms with van der Waals surface area (Å²) >= 11 is 0. The molecule has 0 amide bonds.